The second-order valence-electron chi connectivity index (χ2n) is 9.28. The van der Waals surface area contributed by atoms with Crippen LogP contribution in [0.25, 0.3) is 0 Å². The molecule has 1 unspecified atom stereocenters. The highest BCUT2D eigenvalue weighted by Gasteiger charge is 2.42. The van der Waals surface area contributed by atoms with Crippen molar-refractivity contribution in [2.45, 2.75) is 118 Å². The molecule has 0 spiro atoms. The van der Waals surface area contributed by atoms with Gasteiger partial charge in [0.25, 0.3) is 8.32 Å². The number of nitrogens with zero attached hydrogens (tertiary/aromatic N) is 1. The minimum Gasteiger partial charge on any atom is -0.504 e. The molecule has 0 heterocycles. The fraction of sp³-hybridized carbons (Fsp3) is 0.955. The van der Waals surface area contributed by atoms with Gasteiger partial charge in [-0.15, -0.1) is 0 Å². The molecule has 0 aromatic rings. The molecule has 1 atom stereocenters. The van der Waals surface area contributed by atoms with Crippen molar-refractivity contribution in [2.75, 3.05) is 19.8 Å². The lowest BCUT2D eigenvalue weighted by molar-refractivity contribution is 0.0366. The molecule has 0 fully saturated rings. The summed E-state index contributed by atoms with van der Waals surface area (Å²) in [7, 11) is -6.51. The molecule has 0 aliphatic heterocycles. The van der Waals surface area contributed by atoms with Gasteiger partial charge in [0.1, 0.15) is 0 Å². The topological polar surface area (TPSA) is 57.2 Å². The Balaban J connectivity index is 5.17. The van der Waals surface area contributed by atoms with Gasteiger partial charge in [0, 0.05) is 31.9 Å². The number of rotatable bonds is 17. The summed E-state index contributed by atoms with van der Waals surface area (Å²) in [5.41, 5.74) is 0. The molecular weight excluding hydrogens is 443 g/mol. The number of carbonyl (C=O) groups excluding carboxylic acids is 1. The highest BCUT2D eigenvalue weighted by atomic mass is 28.4. The van der Waals surface area contributed by atoms with Gasteiger partial charge in [0.15, 0.2) is 8.24 Å². The summed E-state index contributed by atoms with van der Waals surface area (Å²) in [6.45, 7) is 23.2. The molecule has 0 aromatic carbocycles. The Morgan fingerprint density at radius 2 is 1.39 bits per heavy atom. The molecule has 0 saturated heterocycles. The Morgan fingerprint density at radius 3 is 1.77 bits per heavy atom. The third kappa shape index (κ3) is 10.5. The van der Waals surface area contributed by atoms with E-state index in [9.17, 15) is 4.79 Å². The summed E-state index contributed by atoms with van der Waals surface area (Å²) >= 11 is 0. The summed E-state index contributed by atoms with van der Waals surface area (Å²) in [6, 6.07) is 3.73. The smallest absolute Gasteiger partial charge is 0.501 e. The third-order valence-electron chi connectivity index (χ3n) is 6.07. The van der Waals surface area contributed by atoms with Crippen molar-refractivity contribution in [2.24, 2.45) is 0 Å². The van der Waals surface area contributed by atoms with Crippen molar-refractivity contribution < 1.29 is 22.5 Å². The van der Waals surface area contributed by atoms with Crippen molar-refractivity contribution in [1.82, 2.24) is 4.57 Å². The van der Waals surface area contributed by atoms with Gasteiger partial charge < -0.3 is 22.3 Å². The van der Waals surface area contributed by atoms with Crippen LogP contribution in [0, 0.1) is 0 Å². The number of hydrogen-bond donors (Lipinski definition) is 0. The van der Waals surface area contributed by atoms with E-state index >= 15 is 0 Å². The van der Waals surface area contributed by atoms with Crippen LogP contribution in [0.5, 0.6) is 0 Å². The largest absolute Gasteiger partial charge is 0.504 e. The maximum Gasteiger partial charge on any atom is 0.501 e. The van der Waals surface area contributed by atoms with Crippen LogP contribution in [0.15, 0.2) is 0 Å². The van der Waals surface area contributed by atoms with Crippen molar-refractivity contribution in [3.8, 4) is 0 Å². The Bertz CT molecular complexity index is 484. The first-order valence-electron chi connectivity index (χ1n) is 12.4. The normalized spacial score (nSPS) is 13.9. The molecule has 6 nitrogen and oxygen atoms in total. The van der Waals surface area contributed by atoms with E-state index in [1.807, 2.05) is 18.4 Å². The van der Waals surface area contributed by atoms with Gasteiger partial charge in [-0.1, -0.05) is 47.3 Å². The lowest BCUT2D eigenvalue weighted by Gasteiger charge is -2.38. The lowest BCUT2D eigenvalue weighted by atomic mass is 10.3. The standard InChI is InChI=1S/C22H51NO5Si3/c1-11-21(7)27-31(25-12-2,26-13-3)20-18-17-19-23(29(8,9)10)22(24)28-30(14-4,15-5)16-6/h21H,11-20H2,1-10H3. The molecule has 0 saturated carbocycles. The average Bonchev–Trinajstić information content (AvgIpc) is 2.71. The Labute approximate surface area is 195 Å². The summed E-state index contributed by atoms with van der Waals surface area (Å²) in [5, 5.41) is 0. The van der Waals surface area contributed by atoms with Crippen LogP contribution >= 0.6 is 0 Å². The second kappa shape index (κ2) is 14.8. The van der Waals surface area contributed by atoms with Gasteiger partial charge in [0.2, 0.25) is 0 Å². The molecule has 0 aliphatic carbocycles. The monoisotopic (exact) mass is 493 g/mol. The van der Waals surface area contributed by atoms with Crippen LogP contribution in [0.4, 0.5) is 4.79 Å². The number of hydrogen-bond acceptors (Lipinski definition) is 5. The van der Waals surface area contributed by atoms with Crippen LogP contribution < -0.4 is 0 Å². The first-order valence-corrected chi connectivity index (χ1v) is 20.4. The molecule has 0 aliphatic rings. The van der Waals surface area contributed by atoms with E-state index < -0.39 is 25.4 Å². The SMILES string of the molecule is CCO[Si](CCCCN(C(=O)O[Si](CC)(CC)CC)[Si](C)(C)C)(OCC)OC(C)CC. The summed E-state index contributed by atoms with van der Waals surface area (Å²) in [4.78, 5) is 13.2. The fourth-order valence-electron chi connectivity index (χ4n) is 3.66. The molecule has 0 bridgehead atoms. The van der Waals surface area contributed by atoms with Crippen molar-refractivity contribution >= 4 is 31.5 Å². The van der Waals surface area contributed by atoms with Crippen LogP contribution in [0.3, 0.4) is 0 Å². The number of carbonyl (C=O) groups is 1. The summed E-state index contributed by atoms with van der Waals surface area (Å²) < 4.78 is 26.7. The van der Waals surface area contributed by atoms with Gasteiger partial charge in [0.05, 0.1) is 0 Å². The molecule has 186 valence electrons. The van der Waals surface area contributed by atoms with E-state index in [1.165, 1.54) is 0 Å². The summed E-state index contributed by atoms with van der Waals surface area (Å²) in [5.74, 6) is 0. The number of unbranched alkanes of at least 4 members (excludes halogenated alkanes) is 1. The number of amides is 1. The van der Waals surface area contributed by atoms with Gasteiger partial charge >= 0.3 is 14.9 Å². The van der Waals surface area contributed by atoms with Crippen molar-refractivity contribution in [3.63, 3.8) is 0 Å². The second-order valence-corrected chi connectivity index (χ2v) is 21.5. The van der Waals surface area contributed by atoms with Crippen LogP contribution in [0.2, 0.25) is 43.8 Å². The Kier molecular flexibility index (Phi) is 14.8. The van der Waals surface area contributed by atoms with E-state index in [4.69, 9.17) is 17.7 Å². The molecule has 0 radical (unpaired) electrons. The van der Waals surface area contributed by atoms with Gasteiger partial charge in [-0.05, 0) is 58.2 Å². The zero-order valence-electron chi connectivity index (χ0n) is 22.1. The zero-order chi connectivity index (χ0) is 24.1. The minimum atomic E-state index is -2.70. The van der Waals surface area contributed by atoms with E-state index in [1.54, 1.807) is 0 Å². The van der Waals surface area contributed by atoms with E-state index in [-0.39, 0.29) is 12.2 Å². The predicted octanol–water partition coefficient (Wildman–Crippen LogP) is 6.87. The quantitative estimate of drug-likeness (QED) is 0.163. The molecular formula is C22H51NO5Si3. The van der Waals surface area contributed by atoms with Crippen LogP contribution in [-0.4, -0.2) is 61.9 Å². The predicted molar refractivity (Wildman–Crippen MR) is 138 cm³/mol. The van der Waals surface area contributed by atoms with Gasteiger partial charge in [-0.2, -0.15) is 0 Å². The van der Waals surface area contributed by atoms with E-state index in [2.05, 4.69) is 54.3 Å². The van der Waals surface area contributed by atoms with Crippen LogP contribution in [-0.2, 0) is 17.7 Å². The average molecular weight is 494 g/mol. The third-order valence-corrected chi connectivity index (χ3v) is 15.7. The maximum atomic E-state index is 13.2. The highest BCUT2D eigenvalue weighted by Crippen LogP contribution is 2.26. The molecule has 0 aromatic heterocycles. The highest BCUT2D eigenvalue weighted by molar-refractivity contribution is 6.77. The fourth-order valence-corrected chi connectivity index (χ4v) is 10.6. The lowest BCUT2D eigenvalue weighted by Crippen LogP contribution is -2.53. The first-order chi connectivity index (χ1) is 14.5. The molecule has 1 amide bonds. The maximum absolute atomic E-state index is 13.2. The molecule has 31 heavy (non-hydrogen) atoms. The van der Waals surface area contributed by atoms with Gasteiger partial charge in [-0.25, -0.2) is 4.79 Å². The van der Waals surface area contributed by atoms with Crippen molar-refractivity contribution in [3.05, 3.63) is 0 Å². The zero-order valence-corrected chi connectivity index (χ0v) is 25.1. The Hall–Kier alpha value is -0.199. The van der Waals surface area contributed by atoms with E-state index in [0.29, 0.717) is 13.2 Å². The Morgan fingerprint density at radius 1 is 0.871 bits per heavy atom. The van der Waals surface area contributed by atoms with Crippen LogP contribution in [0.1, 0.15) is 67.7 Å². The minimum absolute atomic E-state index is 0.0923. The molecule has 9 heteroatoms. The molecule has 0 rings (SSSR count). The first kappa shape index (κ1) is 30.8. The van der Waals surface area contributed by atoms with Crippen molar-refractivity contribution in [1.29, 1.82) is 0 Å². The van der Waals surface area contributed by atoms with E-state index in [0.717, 1.165) is 50.0 Å². The summed E-state index contributed by atoms with van der Waals surface area (Å²) in [6.07, 6.45) is 2.77. The molecule has 0 N–H and O–H groups in total. The van der Waals surface area contributed by atoms with Gasteiger partial charge in [-0.3, -0.25) is 0 Å².